The minimum atomic E-state index is 0.0458. The third-order valence-corrected chi connectivity index (χ3v) is 9.63. The first-order valence-electron chi connectivity index (χ1n) is 5.05. The van der Waals surface area contributed by atoms with Crippen LogP contribution in [0.3, 0.4) is 0 Å². The van der Waals surface area contributed by atoms with Crippen molar-refractivity contribution in [3.63, 3.8) is 0 Å². The van der Waals surface area contributed by atoms with Crippen molar-refractivity contribution in [3.8, 4) is 0 Å². The van der Waals surface area contributed by atoms with Crippen molar-refractivity contribution in [2.75, 3.05) is 13.2 Å². The number of halogens is 2. The third-order valence-electron chi connectivity index (χ3n) is 5.01. The van der Waals surface area contributed by atoms with E-state index >= 15 is 0 Å². The van der Waals surface area contributed by atoms with E-state index in [1.807, 2.05) is 0 Å². The van der Waals surface area contributed by atoms with E-state index < -0.39 is 0 Å². The van der Waals surface area contributed by atoms with Gasteiger partial charge in [0, 0.05) is 30.9 Å². The van der Waals surface area contributed by atoms with Gasteiger partial charge in [0.25, 0.3) is 0 Å². The van der Waals surface area contributed by atoms with E-state index in [4.69, 9.17) is 0 Å². The summed E-state index contributed by atoms with van der Waals surface area (Å²) in [4.78, 5) is 0. The van der Waals surface area contributed by atoms with Gasteiger partial charge in [-0.05, 0) is 25.7 Å². The van der Waals surface area contributed by atoms with Crippen LogP contribution in [-0.4, -0.2) is 30.3 Å². The fraction of sp³-hybridized carbons (Fsp3) is 1.00. The lowest BCUT2D eigenvalue weighted by Gasteiger charge is -2.37. The zero-order valence-electron chi connectivity index (χ0n) is 7.89. The van der Waals surface area contributed by atoms with Gasteiger partial charge in [0.15, 0.2) is 0 Å². The smallest absolute Gasteiger partial charge is 0.0494 e. The Morgan fingerprint density at radius 3 is 1.29 bits per heavy atom. The summed E-state index contributed by atoms with van der Waals surface area (Å²) in [7, 11) is 0. The summed E-state index contributed by atoms with van der Waals surface area (Å²) < 4.78 is 0.688. The highest BCUT2D eigenvalue weighted by atomic mass is 127. The predicted octanol–water partition coefficient (Wildman–Crippen LogP) is 1.89. The monoisotopic (exact) mass is 420 g/mol. The van der Waals surface area contributed by atoms with Gasteiger partial charge in [-0.3, -0.25) is 0 Å². The van der Waals surface area contributed by atoms with E-state index in [1.54, 1.807) is 0 Å². The molecule has 0 spiro atoms. The molecule has 4 aliphatic rings. The second-order valence-electron chi connectivity index (χ2n) is 5.51. The number of hydrogen-bond donors (Lipinski definition) is 2. The van der Waals surface area contributed by atoms with Crippen LogP contribution in [0, 0.1) is 10.8 Å². The van der Waals surface area contributed by atoms with Crippen LogP contribution in [0.1, 0.15) is 25.7 Å². The van der Waals surface area contributed by atoms with E-state index in [0.29, 0.717) is 6.84 Å². The molecule has 0 aliphatic heterocycles. The molecule has 4 heteroatoms. The molecule has 4 aliphatic carbocycles. The molecule has 4 rings (SSSR count). The normalized spacial score (nSPS) is 64.3. The first kappa shape index (κ1) is 10.5. The molecular weight excluding hydrogens is 406 g/mol. The van der Waals surface area contributed by atoms with Crippen LogP contribution >= 0.6 is 45.2 Å². The lowest BCUT2D eigenvalue weighted by atomic mass is 9.69. The highest BCUT2D eigenvalue weighted by Gasteiger charge is 2.82. The van der Waals surface area contributed by atoms with Gasteiger partial charge in [-0.1, -0.05) is 45.2 Å². The molecule has 14 heavy (non-hydrogen) atoms. The van der Waals surface area contributed by atoms with Gasteiger partial charge in [-0.15, -0.1) is 0 Å². The number of aliphatic hydroxyl groups excluding tert-OH is 2. The van der Waals surface area contributed by atoms with E-state index in [9.17, 15) is 10.2 Å². The summed E-state index contributed by atoms with van der Waals surface area (Å²) >= 11 is 5.18. The van der Waals surface area contributed by atoms with Crippen LogP contribution in [0.25, 0.3) is 0 Å². The molecule has 4 bridgehead atoms. The lowest BCUT2D eigenvalue weighted by molar-refractivity contribution is -0.00563. The Morgan fingerprint density at radius 2 is 1.07 bits per heavy atom. The Morgan fingerprint density at radius 1 is 0.786 bits per heavy atom. The zero-order chi connectivity index (χ0) is 10.2. The van der Waals surface area contributed by atoms with Crippen LogP contribution < -0.4 is 0 Å². The summed E-state index contributed by atoms with van der Waals surface area (Å²) in [5.74, 6) is 0. The Bertz CT molecular complexity index is 260. The molecule has 4 saturated carbocycles. The van der Waals surface area contributed by atoms with Crippen molar-refractivity contribution in [1.82, 2.24) is 0 Å². The molecule has 0 atom stereocenters. The number of rotatable bonds is 2. The maximum Gasteiger partial charge on any atom is 0.0494 e. The molecule has 0 amide bonds. The molecule has 80 valence electrons. The molecule has 0 aromatic carbocycles. The van der Waals surface area contributed by atoms with Crippen molar-refractivity contribution in [2.24, 2.45) is 10.8 Å². The van der Waals surface area contributed by atoms with Crippen molar-refractivity contribution in [3.05, 3.63) is 0 Å². The molecule has 0 heterocycles. The van der Waals surface area contributed by atoms with Crippen molar-refractivity contribution in [2.45, 2.75) is 32.5 Å². The van der Waals surface area contributed by atoms with Crippen molar-refractivity contribution >= 4 is 45.2 Å². The van der Waals surface area contributed by atoms with Gasteiger partial charge >= 0.3 is 0 Å². The predicted molar refractivity (Wildman–Crippen MR) is 71.0 cm³/mol. The summed E-state index contributed by atoms with van der Waals surface area (Å²) in [6, 6.07) is 0. The molecule has 0 unspecified atom stereocenters. The molecule has 2 nitrogen and oxygen atoms in total. The number of alkyl halides is 2. The average molecular weight is 420 g/mol. The van der Waals surface area contributed by atoms with Crippen LogP contribution in [0.2, 0.25) is 0 Å². The van der Waals surface area contributed by atoms with Crippen LogP contribution in [0.5, 0.6) is 0 Å². The van der Waals surface area contributed by atoms with Gasteiger partial charge in [0.2, 0.25) is 0 Å². The number of aliphatic hydroxyl groups is 2. The molecule has 4 fully saturated rings. The molecule has 2 N–H and O–H groups in total. The Kier molecular flexibility index (Phi) is 1.97. The third kappa shape index (κ3) is 0.841. The van der Waals surface area contributed by atoms with Crippen LogP contribution in [0.4, 0.5) is 0 Å². The Labute approximate surface area is 111 Å². The average Bonchev–Trinajstić information content (AvgIpc) is 2.64. The Balaban J connectivity index is 2.15. The van der Waals surface area contributed by atoms with Crippen molar-refractivity contribution in [1.29, 1.82) is 0 Å². The van der Waals surface area contributed by atoms with E-state index in [-0.39, 0.29) is 24.0 Å². The van der Waals surface area contributed by atoms with Crippen LogP contribution in [0.15, 0.2) is 0 Å². The number of hydrogen-bond acceptors (Lipinski definition) is 2. The van der Waals surface area contributed by atoms with E-state index in [0.717, 1.165) is 25.7 Å². The van der Waals surface area contributed by atoms with Gasteiger partial charge in [0.05, 0.1) is 0 Å². The largest absolute Gasteiger partial charge is 0.396 e. The molecule has 0 radical (unpaired) electrons. The zero-order valence-corrected chi connectivity index (χ0v) is 12.2. The summed E-state index contributed by atoms with van der Waals surface area (Å²) in [5, 5.41) is 19.3. The first-order chi connectivity index (χ1) is 6.45. The minimum absolute atomic E-state index is 0.0458. The molecule has 0 aromatic rings. The maximum atomic E-state index is 9.65. The SMILES string of the molecule is OCC12CC3(I)CC1(CO)CC3(I)C2. The fourth-order valence-corrected chi connectivity index (χ4v) is 8.02. The van der Waals surface area contributed by atoms with E-state index in [1.165, 1.54) is 0 Å². The van der Waals surface area contributed by atoms with Gasteiger partial charge in [0.1, 0.15) is 0 Å². The summed E-state index contributed by atoms with van der Waals surface area (Å²) in [6.07, 6.45) is 4.45. The summed E-state index contributed by atoms with van der Waals surface area (Å²) in [6.45, 7) is 0.534. The maximum absolute atomic E-state index is 9.65. The highest BCUT2D eigenvalue weighted by molar-refractivity contribution is 14.1. The van der Waals surface area contributed by atoms with Gasteiger partial charge in [-0.25, -0.2) is 0 Å². The first-order valence-corrected chi connectivity index (χ1v) is 7.20. The molecule has 0 aromatic heterocycles. The van der Waals surface area contributed by atoms with Gasteiger partial charge in [-0.2, -0.15) is 0 Å². The minimum Gasteiger partial charge on any atom is -0.396 e. The molecular formula is C10H14I2O2. The second-order valence-corrected chi connectivity index (χ2v) is 9.64. The standard InChI is InChI=1S/C10H14I2O2/c11-9-1-7(5-13)2-10(9,12)4-8(7,3-9)6-14/h13-14H,1-6H2. The summed E-state index contributed by atoms with van der Waals surface area (Å²) in [5.41, 5.74) is 0.0915. The quantitative estimate of drug-likeness (QED) is 0.530. The lowest BCUT2D eigenvalue weighted by Crippen LogP contribution is -2.38. The second kappa shape index (κ2) is 2.61. The fourth-order valence-electron chi connectivity index (χ4n) is 4.34. The molecule has 0 saturated heterocycles. The topological polar surface area (TPSA) is 40.5 Å². The Hall–Kier alpha value is 1.38. The van der Waals surface area contributed by atoms with Crippen molar-refractivity contribution < 1.29 is 10.2 Å². The van der Waals surface area contributed by atoms with Crippen LogP contribution in [-0.2, 0) is 0 Å². The highest BCUT2D eigenvalue weighted by Crippen LogP contribution is 2.84. The van der Waals surface area contributed by atoms with Gasteiger partial charge < -0.3 is 10.2 Å². The van der Waals surface area contributed by atoms with E-state index in [2.05, 4.69) is 45.2 Å².